The number of hydrogen-bond acceptors (Lipinski definition) is 2. The lowest BCUT2D eigenvalue weighted by Crippen LogP contribution is -2.45. The van der Waals surface area contributed by atoms with Crippen molar-refractivity contribution in [2.45, 2.75) is 45.1 Å². The second-order valence-electron chi connectivity index (χ2n) is 6.69. The minimum absolute atomic E-state index is 0.0136. The van der Waals surface area contributed by atoms with Gasteiger partial charge in [0.1, 0.15) is 5.82 Å². The van der Waals surface area contributed by atoms with Crippen LogP contribution < -0.4 is 5.32 Å². The minimum atomic E-state index is -0.415. The van der Waals surface area contributed by atoms with Crippen LogP contribution in [0.15, 0.2) is 24.3 Å². The van der Waals surface area contributed by atoms with Gasteiger partial charge in [-0.2, -0.15) is 0 Å². The highest BCUT2D eigenvalue weighted by Gasteiger charge is 2.48. The minimum Gasteiger partial charge on any atom is -0.349 e. The zero-order valence-corrected chi connectivity index (χ0v) is 13.5. The zero-order valence-electron chi connectivity index (χ0n) is 13.5. The summed E-state index contributed by atoms with van der Waals surface area (Å²) < 4.78 is 13.2. The van der Waals surface area contributed by atoms with Crippen molar-refractivity contribution in [2.75, 3.05) is 13.1 Å². The van der Waals surface area contributed by atoms with Gasteiger partial charge in [-0.05, 0) is 50.8 Å². The highest BCUT2D eigenvalue weighted by Crippen LogP contribution is 2.44. The summed E-state index contributed by atoms with van der Waals surface area (Å²) in [5, 5.41) is 2.99. The van der Waals surface area contributed by atoms with Gasteiger partial charge < -0.3 is 10.2 Å². The van der Waals surface area contributed by atoms with E-state index in [1.54, 1.807) is 6.07 Å². The smallest absolute Gasteiger partial charge is 0.251 e. The second-order valence-corrected chi connectivity index (χ2v) is 6.69. The predicted octanol–water partition coefficient (Wildman–Crippen LogP) is 2.74. The maximum Gasteiger partial charge on any atom is 0.251 e. The van der Waals surface area contributed by atoms with Gasteiger partial charge in [-0.25, -0.2) is 4.39 Å². The maximum atomic E-state index is 13.2. The van der Waals surface area contributed by atoms with Crippen LogP contribution in [0.5, 0.6) is 0 Å². The summed E-state index contributed by atoms with van der Waals surface area (Å²) in [6.07, 6.45) is 4.31. The predicted molar refractivity (Wildman–Crippen MR) is 85.4 cm³/mol. The standard InChI is InChI=1S/C18H23FN2O2/c1-2-21-10-9-18(17(21)23)8-4-7-15(12-18)20-16(22)13-5-3-6-14(19)11-13/h3,5-6,11,15H,2,4,7-10,12H2,1H3,(H,20,22). The third kappa shape index (κ3) is 3.09. The molecule has 2 unspecified atom stereocenters. The van der Waals surface area contributed by atoms with Crippen LogP contribution in [-0.2, 0) is 4.79 Å². The molecule has 1 N–H and O–H groups in total. The molecule has 1 spiro atoms. The molecule has 0 bridgehead atoms. The molecule has 1 aliphatic carbocycles. The van der Waals surface area contributed by atoms with E-state index in [9.17, 15) is 14.0 Å². The van der Waals surface area contributed by atoms with Gasteiger partial charge in [0.25, 0.3) is 5.91 Å². The van der Waals surface area contributed by atoms with Crippen LogP contribution in [-0.4, -0.2) is 35.8 Å². The van der Waals surface area contributed by atoms with Crippen molar-refractivity contribution >= 4 is 11.8 Å². The molecule has 3 rings (SSSR count). The van der Waals surface area contributed by atoms with Crippen molar-refractivity contribution in [3.63, 3.8) is 0 Å². The summed E-state index contributed by atoms with van der Waals surface area (Å²) in [6.45, 7) is 3.57. The number of amides is 2. The molecular weight excluding hydrogens is 295 g/mol. The van der Waals surface area contributed by atoms with Gasteiger partial charge >= 0.3 is 0 Å². The Morgan fingerprint density at radius 2 is 2.26 bits per heavy atom. The Balaban J connectivity index is 1.68. The molecule has 0 aromatic heterocycles. The molecule has 1 aromatic rings. The summed E-state index contributed by atoms with van der Waals surface area (Å²) in [5.41, 5.74) is 0.0336. The van der Waals surface area contributed by atoms with Crippen molar-refractivity contribution in [3.05, 3.63) is 35.6 Å². The van der Waals surface area contributed by atoms with Gasteiger partial charge in [-0.3, -0.25) is 9.59 Å². The van der Waals surface area contributed by atoms with Crippen molar-refractivity contribution in [1.82, 2.24) is 10.2 Å². The van der Waals surface area contributed by atoms with Gasteiger partial charge in [0.2, 0.25) is 5.91 Å². The van der Waals surface area contributed by atoms with Gasteiger partial charge in [-0.15, -0.1) is 0 Å². The molecule has 1 heterocycles. The number of carbonyl (C=O) groups is 2. The molecular formula is C18H23FN2O2. The number of carbonyl (C=O) groups excluding carboxylic acids is 2. The lowest BCUT2D eigenvalue weighted by Gasteiger charge is -2.36. The van der Waals surface area contributed by atoms with E-state index < -0.39 is 5.82 Å². The molecule has 1 aliphatic heterocycles. The molecule has 2 atom stereocenters. The van der Waals surface area contributed by atoms with Crippen LogP contribution in [0, 0.1) is 11.2 Å². The topological polar surface area (TPSA) is 49.4 Å². The van der Waals surface area contributed by atoms with Crippen molar-refractivity contribution in [2.24, 2.45) is 5.41 Å². The Morgan fingerprint density at radius 1 is 1.43 bits per heavy atom. The normalized spacial score (nSPS) is 27.5. The van der Waals surface area contributed by atoms with Gasteiger partial charge in [0, 0.05) is 24.7 Å². The van der Waals surface area contributed by atoms with E-state index in [0.29, 0.717) is 12.0 Å². The molecule has 4 nitrogen and oxygen atoms in total. The Hall–Kier alpha value is -1.91. The van der Waals surface area contributed by atoms with Crippen molar-refractivity contribution in [3.8, 4) is 0 Å². The van der Waals surface area contributed by atoms with E-state index in [4.69, 9.17) is 0 Å². The summed E-state index contributed by atoms with van der Waals surface area (Å²) in [6, 6.07) is 5.69. The SMILES string of the molecule is CCN1CCC2(CCCC(NC(=O)c3cccc(F)c3)C2)C1=O. The summed E-state index contributed by atoms with van der Waals surface area (Å²) in [5.74, 6) is -0.434. The van der Waals surface area contributed by atoms with Crippen LogP contribution >= 0.6 is 0 Å². The van der Waals surface area contributed by atoms with E-state index >= 15 is 0 Å². The second kappa shape index (κ2) is 6.30. The molecule has 2 amide bonds. The molecule has 23 heavy (non-hydrogen) atoms. The lowest BCUT2D eigenvalue weighted by atomic mass is 9.71. The quantitative estimate of drug-likeness (QED) is 0.931. The first kappa shape index (κ1) is 16.0. The fourth-order valence-electron chi connectivity index (χ4n) is 4.00. The number of nitrogens with zero attached hydrogens (tertiary/aromatic N) is 1. The molecule has 1 aromatic carbocycles. The van der Waals surface area contributed by atoms with E-state index in [2.05, 4.69) is 5.32 Å². The van der Waals surface area contributed by atoms with Gasteiger partial charge in [0.15, 0.2) is 0 Å². The van der Waals surface area contributed by atoms with Gasteiger partial charge in [-0.1, -0.05) is 12.5 Å². The van der Waals surface area contributed by atoms with E-state index in [0.717, 1.165) is 38.8 Å². The number of benzene rings is 1. The third-order valence-electron chi connectivity index (χ3n) is 5.25. The largest absolute Gasteiger partial charge is 0.349 e. The number of hydrogen-bond donors (Lipinski definition) is 1. The Bertz CT molecular complexity index is 619. The molecule has 5 heteroatoms. The summed E-state index contributed by atoms with van der Waals surface area (Å²) in [4.78, 5) is 26.8. The first-order valence-corrected chi connectivity index (χ1v) is 8.40. The molecule has 124 valence electrons. The van der Waals surface area contributed by atoms with Crippen LogP contribution in [0.3, 0.4) is 0 Å². The van der Waals surface area contributed by atoms with Crippen molar-refractivity contribution < 1.29 is 14.0 Å². The van der Waals surface area contributed by atoms with Crippen LogP contribution in [0.2, 0.25) is 0 Å². The van der Waals surface area contributed by atoms with Crippen LogP contribution in [0.1, 0.15) is 49.4 Å². The summed E-state index contributed by atoms with van der Waals surface area (Å²) >= 11 is 0. The first-order valence-electron chi connectivity index (χ1n) is 8.40. The third-order valence-corrected chi connectivity index (χ3v) is 5.25. The number of nitrogens with one attached hydrogen (secondary N) is 1. The summed E-state index contributed by atoms with van der Waals surface area (Å²) in [7, 11) is 0. The molecule has 1 saturated carbocycles. The molecule has 0 radical (unpaired) electrons. The average molecular weight is 318 g/mol. The Morgan fingerprint density at radius 3 is 2.96 bits per heavy atom. The monoisotopic (exact) mass is 318 g/mol. The first-order chi connectivity index (χ1) is 11.0. The zero-order chi connectivity index (χ0) is 16.4. The molecule has 2 fully saturated rings. The number of halogens is 1. The highest BCUT2D eigenvalue weighted by atomic mass is 19.1. The number of likely N-dealkylation sites (tertiary alicyclic amines) is 1. The van der Waals surface area contributed by atoms with Gasteiger partial charge in [0.05, 0.1) is 5.41 Å². The van der Waals surface area contributed by atoms with Crippen molar-refractivity contribution in [1.29, 1.82) is 0 Å². The Kier molecular flexibility index (Phi) is 4.37. The van der Waals surface area contributed by atoms with Crippen LogP contribution in [0.4, 0.5) is 4.39 Å². The maximum absolute atomic E-state index is 13.2. The molecule has 2 aliphatic rings. The average Bonchev–Trinajstić information content (AvgIpc) is 2.83. The van der Waals surface area contributed by atoms with E-state index in [1.807, 2.05) is 11.8 Å². The highest BCUT2D eigenvalue weighted by molar-refractivity contribution is 5.94. The fourth-order valence-corrected chi connectivity index (χ4v) is 4.00. The van der Waals surface area contributed by atoms with E-state index in [-0.39, 0.29) is 23.3 Å². The Labute approximate surface area is 136 Å². The fraction of sp³-hybridized carbons (Fsp3) is 0.556. The molecule has 1 saturated heterocycles. The van der Waals surface area contributed by atoms with Crippen LogP contribution in [0.25, 0.3) is 0 Å². The lowest BCUT2D eigenvalue weighted by molar-refractivity contribution is -0.137. The van der Waals surface area contributed by atoms with E-state index in [1.165, 1.54) is 18.2 Å². The number of rotatable bonds is 3.